The van der Waals surface area contributed by atoms with E-state index in [-0.39, 0.29) is 13.3 Å². The second-order valence-corrected chi connectivity index (χ2v) is 11.6. The second-order valence-electron chi connectivity index (χ2n) is 11.6. The van der Waals surface area contributed by atoms with Crippen LogP contribution in [0.3, 0.4) is 0 Å². The maximum Gasteiger partial charge on any atom is 0.340 e. The van der Waals surface area contributed by atoms with E-state index in [1.54, 1.807) is 24.3 Å². The van der Waals surface area contributed by atoms with Gasteiger partial charge in [-0.2, -0.15) is 0 Å². The third kappa shape index (κ3) is 4.78. The molecule has 1 amide bonds. The van der Waals surface area contributed by atoms with Crippen molar-refractivity contribution in [3.05, 3.63) is 112 Å². The Kier molecular flexibility index (Phi) is 7.33. The number of aryl methyl sites for hydroxylation is 1. The first-order chi connectivity index (χ1) is 21.2. The average molecular weight is 603 g/mol. The van der Waals surface area contributed by atoms with E-state index in [1.165, 1.54) is 6.92 Å². The molecule has 2 aliphatic heterocycles. The fourth-order valence-electron chi connectivity index (χ4n) is 6.26. The molecule has 228 valence electrons. The Morgan fingerprint density at radius 2 is 1.49 bits per heavy atom. The molecule has 0 aromatic heterocycles. The first-order valence-electron chi connectivity index (χ1n) is 14.4. The smallest absolute Gasteiger partial charge is 0.340 e. The summed E-state index contributed by atoms with van der Waals surface area (Å²) in [5.74, 6) is 0.378. The number of ether oxygens (including phenoxy) is 3. The van der Waals surface area contributed by atoms with E-state index < -0.39 is 17.5 Å². The molecule has 5 aromatic carbocycles. The monoisotopic (exact) mass is 602 g/mol. The van der Waals surface area contributed by atoms with Gasteiger partial charge < -0.3 is 24.4 Å². The SMILES string of the molecule is C.CC(=O)Oc1ccc2c3c(ccc2c1)C1(OC(=O)c2cc(C(=O)NCCN(C)C)ccc21)c1ccc2cc(C)ccc2c1O3. The number of hydrogen-bond acceptors (Lipinski definition) is 7. The lowest BCUT2D eigenvalue weighted by Crippen LogP contribution is -2.33. The zero-order valence-electron chi connectivity index (χ0n) is 24.8. The molecule has 2 aliphatic rings. The number of carbonyl (C=O) groups excluding carboxylic acids is 3. The first-order valence-corrected chi connectivity index (χ1v) is 14.4. The topological polar surface area (TPSA) is 94.2 Å². The molecule has 45 heavy (non-hydrogen) atoms. The summed E-state index contributed by atoms with van der Waals surface area (Å²) in [6.45, 7) is 4.57. The molecule has 0 fully saturated rings. The van der Waals surface area contributed by atoms with Gasteiger partial charge in [0.15, 0.2) is 5.60 Å². The third-order valence-electron chi connectivity index (χ3n) is 8.26. The number of esters is 2. The number of amides is 1. The quantitative estimate of drug-likeness (QED) is 0.176. The minimum atomic E-state index is -1.31. The highest BCUT2D eigenvalue weighted by atomic mass is 16.6. The Bertz CT molecular complexity index is 2050. The van der Waals surface area contributed by atoms with Crippen molar-refractivity contribution >= 4 is 39.4 Å². The van der Waals surface area contributed by atoms with Crippen molar-refractivity contribution in [2.45, 2.75) is 26.9 Å². The number of carbonyl (C=O) groups is 3. The summed E-state index contributed by atoms with van der Waals surface area (Å²) in [6, 6.07) is 24.4. The molecule has 0 radical (unpaired) electrons. The van der Waals surface area contributed by atoms with Crippen molar-refractivity contribution in [3.63, 3.8) is 0 Å². The average Bonchev–Trinajstić information content (AvgIpc) is 3.27. The van der Waals surface area contributed by atoms with Crippen LogP contribution >= 0.6 is 0 Å². The summed E-state index contributed by atoms with van der Waals surface area (Å²) >= 11 is 0. The highest BCUT2D eigenvalue weighted by Crippen LogP contribution is 2.59. The molecule has 0 bridgehead atoms. The Balaban J connectivity index is 0.00000357. The maximum absolute atomic E-state index is 13.7. The largest absolute Gasteiger partial charge is 0.455 e. The molecule has 0 saturated carbocycles. The molecule has 2 heterocycles. The Morgan fingerprint density at radius 3 is 2.16 bits per heavy atom. The molecular formula is C37H34N2O6. The molecule has 1 unspecified atom stereocenters. The standard InChI is InChI=1S/C36H30N2O6.CH4/c1-20-5-10-26-22(17-20)6-13-30-32(26)43-33-27-11-9-25(42-21(2)39)18-23(27)7-14-31(33)36(30)29-12-8-24(19-28(29)35(41)44-36)34(40)37-15-16-38(3)4;/h5-14,17-19H,15-16H2,1-4H3,(H,37,40);1H4. The number of likely N-dealkylation sites (N-methyl/N-ethyl adjacent to an activating group) is 1. The zero-order chi connectivity index (χ0) is 30.7. The molecular weight excluding hydrogens is 568 g/mol. The summed E-state index contributed by atoms with van der Waals surface area (Å²) in [5.41, 5.74) is 2.53. The van der Waals surface area contributed by atoms with Crippen molar-refractivity contribution in [2.24, 2.45) is 0 Å². The second kappa shape index (κ2) is 11.1. The van der Waals surface area contributed by atoms with Gasteiger partial charge in [-0.25, -0.2) is 4.79 Å². The van der Waals surface area contributed by atoms with Crippen LogP contribution in [0.1, 0.15) is 57.3 Å². The molecule has 1 spiro atoms. The van der Waals surface area contributed by atoms with Crippen LogP contribution in [-0.4, -0.2) is 49.9 Å². The predicted octanol–water partition coefficient (Wildman–Crippen LogP) is 6.72. The lowest BCUT2D eigenvalue weighted by molar-refractivity contribution is -0.131. The van der Waals surface area contributed by atoms with E-state index in [0.29, 0.717) is 58.2 Å². The number of nitrogens with one attached hydrogen (secondary N) is 1. The fourth-order valence-corrected chi connectivity index (χ4v) is 6.26. The summed E-state index contributed by atoms with van der Waals surface area (Å²) in [6.07, 6.45) is 0. The summed E-state index contributed by atoms with van der Waals surface area (Å²) in [5, 5.41) is 6.36. The van der Waals surface area contributed by atoms with E-state index >= 15 is 0 Å². The van der Waals surface area contributed by atoms with Gasteiger partial charge >= 0.3 is 11.9 Å². The molecule has 7 rings (SSSR count). The number of rotatable bonds is 5. The van der Waals surface area contributed by atoms with E-state index in [1.807, 2.05) is 74.4 Å². The van der Waals surface area contributed by atoms with Crippen LogP contribution in [0.5, 0.6) is 17.2 Å². The maximum atomic E-state index is 13.7. The number of benzene rings is 5. The van der Waals surface area contributed by atoms with Gasteiger partial charge in [0.05, 0.1) is 5.56 Å². The van der Waals surface area contributed by atoms with Crippen LogP contribution < -0.4 is 14.8 Å². The third-order valence-corrected chi connectivity index (χ3v) is 8.26. The van der Waals surface area contributed by atoms with E-state index in [9.17, 15) is 14.4 Å². The van der Waals surface area contributed by atoms with Gasteiger partial charge in [-0.3, -0.25) is 9.59 Å². The van der Waals surface area contributed by atoms with Gasteiger partial charge in [-0.15, -0.1) is 0 Å². The summed E-state index contributed by atoms with van der Waals surface area (Å²) in [4.78, 5) is 40.3. The Hall–Kier alpha value is -5.21. The highest BCUT2D eigenvalue weighted by Gasteiger charge is 2.54. The Morgan fingerprint density at radius 1 is 0.844 bits per heavy atom. The lowest BCUT2D eigenvalue weighted by atomic mass is 9.76. The van der Waals surface area contributed by atoms with Gasteiger partial charge in [-0.05, 0) is 74.3 Å². The van der Waals surface area contributed by atoms with Crippen molar-refractivity contribution < 1.29 is 28.6 Å². The first kappa shape index (κ1) is 29.8. The van der Waals surface area contributed by atoms with Crippen molar-refractivity contribution in [3.8, 4) is 17.2 Å². The molecule has 0 aliphatic carbocycles. The van der Waals surface area contributed by atoms with Crippen LogP contribution in [0.25, 0.3) is 21.5 Å². The van der Waals surface area contributed by atoms with Crippen LogP contribution in [-0.2, 0) is 15.1 Å². The van der Waals surface area contributed by atoms with Gasteiger partial charge in [0, 0.05) is 53.0 Å². The van der Waals surface area contributed by atoms with E-state index in [0.717, 1.165) is 27.1 Å². The lowest BCUT2D eigenvalue weighted by Gasteiger charge is -2.37. The molecule has 1 N–H and O–H groups in total. The minimum absolute atomic E-state index is 0. The molecule has 0 saturated heterocycles. The highest BCUT2D eigenvalue weighted by molar-refractivity contribution is 6.04. The van der Waals surface area contributed by atoms with Gasteiger partial charge in [0.1, 0.15) is 17.2 Å². The number of nitrogens with zero attached hydrogens (tertiary/aromatic N) is 1. The molecule has 8 heteroatoms. The van der Waals surface area contributed by atoms with Crippen molar-refractivity contribution in [2.75, 3.05) is 27.2 Å². The molecule has 5 aromatic rings. The van der Waals surface area contributed by atoms with Gasteiger partial charge in [-0.1, -0.05) is 49.4 Å². The van der Waals surface area contributed by atoms with Crippen molar-refractivity contribution in [1.29, 1.82) is 0 Å². The van der Waals surface area contributed by atoms with Gasteiger partial charge in [0.25, 0.3) is 5.91 Å². The Labute approximate surface area is 261 Å². The number of hydrogen-bond donors (Lipinski definition) is 1. The van der Waals surface area contributed by atoms with Crippen molar-refractivity contribution in [1.82, 2.24) is 10.2 Å². The minimum Gasteiger partial charge on any atom is -0.455 e. The normalized spacial score (nSPS) is 16.0. The summed E-state index contributed by atoms with van der Waals surface area (Å²) < 4.78 is 18.5. The molecule has 8 nitrogen and oxygen atoms in total. The fraction of sp³-hybridized carbons (Fsp3) is 0.216. The van der Waals surface area contributed by atoms with E-state index in [2.05, 4.69) is 11.4 Å². The summed E-state index contributed by atoms with van der Waals surface area (Å²) in [7, 11) is 3.87. The van der Waals surface area contributed by atoms with Crippen LogP contribution in [0.4, 0.5) is 0 Å². The predicted molar refractivity (Wildman–Crippen MR) is 173 cm³/mol. The van der Waals surface area contributed by atoms with Crippen LogP contribution in [0, 0.1) is 6.92 Å². The van der Waals surface area contributed by atoms with Crippen LogP contribution in [0.2, 0.25) is 0 Å². The number of fused-ring (bicyclic) bond motifs is 10. The van der Waals surface area contributed by atoms with Gasteiger partial charge in [0.2, 0.25) is 0 Å². The van der Waals surface area contributed by atoms with Crippen LogP contribution in [0.15, 0.2) is 78.9 Å². The van der Waals surface area contributed by atoms with E-state index in [4.69, 9.17) is 14.2 Å². The molecule has 1 atom stereocenters. The zero-order valence-corrected chi connectivity index (χ0v) is 24.8.